The summed E-state index contributed by atoms with van der Waals surface area (Å²) in [4.78, 5) is 32.0. The summed E-state index contributed by atoms with van der Waals surface area (Å²) in [5.41, 5.74) is 0.924. The van der Waals surface area contributed by atoms with Gasteiger partial charge in [0.2, 0.25) is 5.91 Å². The average Bonchev–Trinajstić information content (AvgIpc) is 2.89. The van der Waals surface area contributed by atoms with Crippen LogP contribution in [0.5, 0.6) is 0 Å². The van der Waals surface area contributed by atoms with Gasteiger partial charge in [-0.25, -0.2) is 9.97 Å². The molecule has 0 bridgehead atoms. The fraction of sp³-hybridized carbons (Fsp3) is 0.571. The van der Waals surface area contributed by atoms with Crippen LogP contribution < -0.4 is 16.0 Å². The molecule has 1 atom stereocenters. The summed E-state index contributed by atoms with van der Waals surface area (Å²) >= 11 is 0. The molecule has 7 heteroatoms. The van der Waals surface area contributed by atoms with Crippen LogP contribution in [-0.4, -0.2) is 41.4 Å². The first-order chi connectivity index (χ1) is 10.0. The number of rotatable bonds is 5. The lowest BCUT2D eigenvalue weighted by molar-refractivity contribution is -0.119. The topological polar surface area (TPSA) is 96.0 Å². The molecule has 0 aliphatic carbocycles. The summed E-state index contributed by atoms with van der Waals surface area (Å²) in [6, 6.07) is 0.00546. The first-order valence-corrected chi connectivity index (χ1v) is 7.13. The third-order valence-corrected chi connectivity index (χ3v) is 3.40. The number of nitrogens with zero attached hydrogens (tertiary/aromatic N) is 2. The van der Waals surface area contributed by atoms with Crippen LogP contribution in [0.1, 0.15) is 48.9 Å². The SMILES string of the molecule is CNc1cnc(C(C)C)nc1C(=O)NCC1CCC(=O)N1. The first-order valence-electron chi connectivity index (χ1n) is 7.13. The molecule has 7 nitrogen and oxygen atoms in total. The lowest BCUT2D eigenvalue weighted by atomic mass is 10.2. The lowest BCUT2D eigenvalue weighted by Gasteiger charge is -2.14. The van der Waals surface area contributed by atoms with E-state index in [4.69, 9.17) is 0 Å². The second-order valence-corrected chi connectivity index (χ2v) is 5.41. The summed E-state index contributed by atoms with van der Waals surface area (Å²) < 4.78 is 0. The Hall–Kier alpha value is -2.18. The molecule has 0 spiro atoms. The smallest absolute Gasteiger partial charge is 0.272 e. The molecule has 1 aromatic rings. The second-order valence-electron chi connectivity index (χ2n) is 5.41. The summed E-state index contributed by atoms with van der Waals surface area (Å²) in [6.45, 7) is 4.36. The Labute approximate surface area is 123 Å². The number of carbonyl (C=O) groups is 2. The fourth-order valence-electron chi connectivity index (χ4n) is 2.16. The molecule has 1 aliphatic rings. The van der Waals surface area contributed by atoms with E-state index in [1.54, 1.807) is 13.2 Å². The van der Waals surface area contributed by atoms with Crippen LogP contribution in [0.25, 0.3) is 0 Å². The van der Waals surface area contributed by atoms with Crippen molar-refractivity contribution in [2.24, 2.45) is 0 Å². The van der Waals surface area contributed by atoms with E-state index in [0.29, 0.717) is 30.2 Å². The molecule has 1 saturated heterocycles. The van der Waals surface area contributed by atoms with E-state index in [-0.39, 0.29) is 23.8 Å². The van der Waals surface area contributed by atoms with E-state index < -0.39 is 0 Å². The van der Waals surface area contributed by atoms with Gasteiger partial charge in [-0.1, -0.05) is 13.8 Å². The molecule has 21 heavy (non-hydrogen) atoms. The zero-order valence-corrected chi connectivity index (χ0v) is 12.6. The molecule has 2 rings (SSSR count). The Morgan fingerprint density at radius 2 is 2.29 bits per heavy atom. The minimum Gasteiger partial charge on any atom is -0.385 e. The van der Waals surface area contributed by atoms with E-state index in [0.717, 1.165) is 6.42 Å². The van der Waals surface area contributed by atoms with Crippen molar-refractivity contribution < 1.29 is 9.59 Å². The summed E-state index contributed by atoms with van der Waals surface area (Å²) in [7, 11) is 1.72. The number of hydrogen-bond acceptors (Lipinski definition) is 5. The van der Waals surface area contributed by atoms with Crippen molar-refractivity contribution >= 4 is 17.5 Å². The number of amides is 2. The monoisotopic (exact) mass is 291 g/mol. The predicted molar refractivity (Wildman–Crippen MR) is 79.2 cm³/mol. The van der Waals surface area contributed by atoms with Crippen molar-refractivity contribution in [3.8, 4) is 0 Å². The van der Waals surface area contributed by atoms with E-state index >= 15 is 0 Å². The number of anilines is 1. The Morgan fingerprint density at radius 3 is 2.86 bits per heavy atom. The van der Waals surface area contributed by atoms with Gasteiger partial charge in [-0.15, -0.1) is 0 Å². The van der Waals surface area contributed by atoms with E-state index in [1.165, 1.54) is 0 Å². The van der Waals surface area contributed by atoms with Crippen LogP contribution in [0.3, 0.4) is 0 Å². The number of nitrogens with one attached hydrogen (secondary N) is 3. The molecule has 0 aromatic carbocycles. The molecule has 1 unspecified atom stereocenters. The first kappa shape index (κ1) is 15.2. The van der Waals surface area contributed by atoms with Gasteiger partial charge < -0.3 is 16.0 Å². The maximum atomic E-state index is 12.3. The van der Waals surface area contributed by atoms with Gasteiger partial charge in [-0.3, -0.25) is 9.59 Å². The van der Waals surface area contributed by atoms with Crippen LogP contribution in [0.2, 0.25) is 0 Å². The van der Waals surface area contributed by atoms with Crippen LogP contribution >= 0.6 is 0 Å². The van der Waals surface area contributed by atoms with Gasteiger partial charge in [0.1, 0.15) is 5.82 Å². The van der Waals surface area contributed by atoms with Crippen molar-refractivity contribution in [1.29, 1.82) is 0 Å². The maximum Gasteiger partial charge on any atom is 0.272 e. The Bertz CT molecular complexity index is 544. The molecule has 1 fully saturated rings. The quantitative estimate of drug-likeness (QED) is 0.740. The molecular formula is C14H21N5O2. The van der Waals surface area contributed by atoms with Crippen LogP contribution in [0, 0.1) is 0 Å². The zero-order chi connectivity index (χ0) is 15.4. The van der Waals surface area contributed by atoms with Crippen molar-refractivity contribution in [2.75, 3.05) is 18.9 Å². The largest absolute Gasteiger partial charge is 0.385 e. The third-order valence-electron chi connectivity index (χ3n) is 3.40. The molecule has 0 radical (unpaired) electrons. The lowest BCUT2D eigenvalue weighted by Crippen LogP contribution is -2.39. The highest BCUT2D eigenvalue weighted by Crippen LogP contribution is 2.16. The fourth-order valence-corrected chi connectivity index (χ4v) is 2.16. The minimum atomic E-state index is -0.259. The minimum absolute atomic E-state index is 0.00546. The summed E-state index contributed by atoms with van der Waals surface area (Å²) in [5, 5.41) is 8.56. The maximum absolute atomic E-state index is 12.3. The number of hydrogen-bond donors (Lipinski definition) is 3. The zero-order valence-electron chi connectivity index (χ0n) is 12.6. The standard InChI is InChI=1S/C14H21N5O2/c1-8(2)13-16-7-10(15-3)12(19-13)14(21)17-6-9-4-5-11(20)18-9/h7-9,15H,4-6H2,1-3H3,(H,17,21)(H,18,20). The molecule has 0 saturated carbocycles. The van der Waals surface area contributed by atoms with Gasteiger partial charge >= 0.3 is 0 Å². The normalized spacial score (nSPS) is 17.7. The van der Waals surface area contributed by atoms with Gasteiger partial charge in [0, 0.05) is 32.0 Å². The molecule has 1 aliphatic heterocycles. The highest BCUT2D eigenvalue weighted by molar-refractivity contribution is 5.97. The Morgan fingerprint density at radius 1 is 1.52 bits per heavy atom. The molecule has 2 heterocycles. The van der Waals surface area contributed by atoms with Crippen LogP contribution in [0.4, 0.5) is 5.69 Å². The summed E-state index contributed by atoms with van der Waals surface area (Å²) in [5.74, 6) is 0.559. The Kier molecular flexibility index (Phi) is 4.72. The predicted octanol–water partition coefficient (Wildman–Crippen LogP) is 0.650. The van der Waals surface area contributed by atoms with Crippen molar-refractivity contribution in [1.82, 2.24) is 20.6 Å². The van der Waals surface area contributed by atoms with E-state index in [9.17, 15) is 9.59 Å². The van der Waals surface area contributed by atoms with Gasteiger partial charge in [-0.05, 0) is 6.42 Å². The van der Waals surface area contributed by atoms with Gasteiger partial charge in [0.05, 0.1) is 11.9 Å². The molecule has 1 aromatic heterocycles. The molecule has 3 N–H and O–H groups in total. The highest BCUT2D eigenvalue weighted by Gasteiger charge is 2.22. The average molecular weight is 291 g/mol. The van der Waals surface area contributed by atoms with Crippen LogP contribution in [-0.2, 0) is 4.79 Å². The third kappa shape index (κ3) is 3.68. The van der Waals surface area contributed by atoms with Crippen molar-refractivity contribution in [3.05, 3.63) is 17.7 Å². The molecule has 2 amide bonds. The van der Waals surface area contributed by atoms with E-state index in [1.807, 2.05) is 13.8 Å². The second kappa shape index (κ2) is 6.51. The van der Waals surface area contributed by atoms with Gasteiger partial charge in [0.15, 0.2) is 5.69 Å². The number of aromatic nitrogens is 2. The highest BCUT2D eigenvalue weighted by atomic mass is 16.2. The molecule has 114 valence electrons. The molecular weight excluding hydrogens is 270 g/mol. The van der Waals surface area contributed by atoms with Gasteiger partial charge in [0.25, 0.3) is 5.91 Å². The van der Waals surface area contributed by atoms with Crippen molar-refractivity contribution in [2.45, 2.75) is 38.6 Å². The van der Waals surface area contributed by atoms with Gasteiger partial charge in [-0.2, -0.15) is 0 Å². The summed E-state index contributed by atoms with van der Waals surface area (Å²) in [6.07, 6.45) is 2.89. The Balaban J connectivity index is 2.06. The van der Waals surface area contributed by atoms with E-state index in [2.05, 4.69) is 25.9 Å². The van der Waals surface area contributed by atoms with Crippen LogP contribution in [0.15, 0.2) is 6.20 Å². The number of carbonyl (C=O) groups excluding carboxylic acids is 2. The van der Waals surface area contributed by atoms with Crippen molar-refractivity contribution in [3.63, 3.8) is 0 Å².